The van der Waals surface area contributed by atoms with Gasteiger partial charge in [0.2, 0.25) is 0 Å². The third kappa shape index (κ3) is 63.3. The van der Waals surface area contributed by atoms with E-state index in [2.05, 4.69) is 106 Å². The van der Waals surface area contributed by atoms with Crippen LogP contribution >= 0.6 is 0 Å². The van der Waals surface area contributed by atoms with Crippen LogP contribution in [0.4, 0.5) is 0 Å². The zero-order valence-corrected chi connectivity index (χ0v) is 51.0. The van der Waals surface area contributed by atoms with Gasteiger partial charge in [0.15, 0.2) is 6.10 Å². The van der Waals surface area contributed by atoms with E-state index in [-0.39, 0.29) is 31.1 Å². The molecule has 0 aliphatic heterocycles. The van der Waals surface area contributed by atoms with Gasteiger partial charge in [-0.15, -0.1) is 0 Å². The molecule has 0 N–H and O–H groups in total. The molecule has 0 aromatic rings. The molecule has 0 aromatic carbocycles. The van der Waals surface area contributed by atoms with Gasteiger partial charge in [-0.05, 0) is 116 Å². The molecule has 6 heteroatoms. The number of hydrogen-bond acceptors (Lipinski definition) is 6. The number of rotatable bonds is 60. The molecule has 0 heterocycles. The first kappa shape index (κ1) is 73.6. The van der Waals surface area contributed by atoms with Crippen LogP contribution < -0.4 is 0 Å². The Hall–Kier alpha value is -3.41. The number of carbonyl (C=O) groups excluding carboxylic acids is 3. The second-order valence-corrected chi connectivity index (χ2v) is 22.0. The summed E-state index contributed by atoms with van der Waals surface area (Å²) < 4.78 is 16.9. The Labute approximate surface area is 477 Å². The maximum absolute atomic E-state index is 12.9. The van der Waals surface area contributed by atoms with Crippen molar-refractivity contribution in [2.45, 2.75) is 335 Å². The van der Waals surface area contributed by atoms with Gasteiger partial charge in [-0.2, -0.15) is 0 Å². The Bertz CT molecular complexity index is 1470. The molecule has 0 bridgehead atoms. The summed E-state index contributed by atoms with van der Waals surface area (Å²) in [7, 11) is 0. The van der Waals surface area contributed by atoms with Crippen LogP contribution in [0.25, 0.3) is 0 Å². The van der Waals surface area contributed by atoms with Gasteiger partial charge in [-0.3, -0.25) is 14.4 Å². The van der Waals surface area contributed by atoms with Gasteiger partial charge in [-0.1, -0.05) is 279 Å². The van der Waals surface area contributed by atoms with Gasteiger partial charge < -0.3 is 14.2 Å². The highest BCUT2D eigenvalue weighted by Crippen LogP contribution is 2.16. The third-order valence-corrected chi connectivity index (χ3v) is 14.4. The van der Waals surface area contributed by atoms with Crippen LogP contribution in [0.15, 0.2) is 85.1 Å². The van der Waals surface area contributed by atoms with Crippen molar-refractivity contribution < 1.29 is 28.6 Å². The lowest BCUT2D eigenvalue weighted by molar-refractivity contribution is -0.167. The molecule has 0 rings (SSSR count). The fourth-order valence-electron chi connectivity index (χ4n) is 9.40. The molecule has 444 valence electrons. The molecule has 6 nitrogen and oxygen atoms in total. The van der Waals surface area contributed by atoms with Crippen molar-refractivity contribution in [3.05, 3.63) is 85.1 Å². The van der Waals surface area contributed by atoms with Gasteiger partial charge >= 0.3 is 17.9 Å². The molecule has 0 saturated carbocycles. The largest absolute Gasteiger partial charge is 0.462 e. The molecule has 0 aliphatic rings. The minimum absolute atomic E-state index is 0.0878. The van der Waals surface area contributed by atoms with Gasteiger partial charge in [0, 0.05) is 19.3 Å². The molecular formula is C71H124O6. The molecule has 0 aliphatic carbocycles. The van der Waals surface area contributed by atoms with Crippen LogP contribution in [-0.4, -0.2) is 37.2 Å². The molecule has 0 saturated heterocycles. The van der Waals surface area contributed by atoms with E-state index < -0.39 is 6.10 Å². The van der Waals surface area contributed by atoms with Crippen LogP contribution in [0.3, 0.4) is 0 Å². The summed E-state index contributed by atoms with van der Waals surface area (Å²) >= 11 is 0. The predicted molar refractivity (Wildman–Crippen MR) is 334 cm³/mol. The number of allylic oxidation sites excluding steroid dienone is 14. The summed E-state index contributed by atoms with van der Waals surface area (Å²) in [6, 6.07) is 0. The van der Waals surface area contributed by atoms with E-state index in [1.54, 1.807) is 0 Å². The van der Waals surface area contributed by atoms with E-state index in [0.29, 0.717) is 19.3 Å². The monoisotopic (exact) mass is 1070 g/mol. The Morgan fingerprint density at radius 3 is 0.818 bits per heavy atom. The number of unbranched alkanes of at least 4 members (excludes halogenated alkanes) is 35. The Morgan fingerprint density at radius 2 is 0.506 bits per heavy atom. The smallest absolute Gasteiger partial charge is 0.306 e. The van der Waals surface area contributed by atoms with E-state index in [1.807, 2.05) is 0 Å². The highest BCUT2D eigenvalue weighted by Gasteiger charge is 2.19. The van der Waals surface area contributed by atoms with E-state index in [4.69, 9.17) is 14.2 Å². The lowest BCUT2D eigenvalue weighted by Crippen LogP contribution is -2.30. The van der Waals surface area contributed by atoms with Crippen molar-refractivity contribution in [2.75, 3.05) is 13.2 Å². The second kappa shape index (κ2) is 65.1. The highest BCUT2D eigenvalue weighted by atomic mass is 16.6. The van der Waals surface area contributed by atoms with Gasteiger partial charge in [0.05, 0.1) is 0 Å². The molecule has 0 radical (unpaired) electrons. The molecule has 0 amide bonds. The van der Waals surface area contributed by atoms with Gasteiger partial charge in [0.1, 0.15) is 13.2 Å². The molecule has 1 atom stereocenters. The van der Waals surface area contributed by atoms with Crippen molar-refractivity contribution in [2.24, 2.45) is 0 Å². The molecule has 0 spiro atoms. The van der Waals surface area contributed by atoms with Crippen molar-refractivity contribution in [1.82, 2.24) is 0 Å². The maximum Gasteiger partial charge on any atom is 0.306 e. The highest BCUT2D eigenvalue weighted by molar-refractivity contribution is 5.71. The van der Waals surface area contributed by atoms with Gasteiger partial charge in [-0.25, -0.2) is 0 Å². The van der Waals surface area contributed by atoms with Crippen molar-refractivity contribution in [3.8, 4) is 0 Å². The van der Waals surface area contributed by atoms with Gasteiger partial charge in [0.25, 0.3) is 0 Å². The summed E-state index contributed by atoms with van der Waals surface area (Å²) in [4.78, 5) is 38.3. The minimum Gasteiger partial charge on any atom is -0.462 e. The number of esters is 3. The maximum atomic E-state index is 12.9. The SMILES string of the molecule is CC/C=C\C/C=C\C/C=C\CCCCCC(=O)OCC(COC(=O)CCCCCCCCCCCC/C=C\C/C=C\C/C=C\CCCCCCC)OC(=O)CCCCCCCCCCC/C=C\CCCCCCCCCC. The number of carbonyl (C=O) groups is 3. The molecule has 0 aromatic heterocycles. The Morgan fingerprint density at radius 1 is 0.273 bits per heavy atom. The first-order valence-electron chi connectivity index (χ1n) is 33.1. The first-order chi connectivity index (χ1) is 38.0. The topological polar surface area (TPSA) is 78.9 Å². The Balaban J connectivity index is 4.32. The quantitative estimate of drug-likeness (QED) is 0.0261. The second-order valence-electron chi connectivity index (χ2n) is 22.0. The number of hydrogen-bond donors (Lipinski definition) is 0. The zero-order valence-electron chi connectivity index (χ0n) is 51.0. The molecule has 77 heavy (non-hydrogen) atoms. The predicted octanol–water partition coefficient (Wildman–Crippen LogP) is 22.7. The van der Waals surface area contributed by atoms with Crippen molar-refractivity contribution in [1.29, 1.82) is 0 Å². The fourth-order valence-corrected chi connectivity index (χ4v) is 9.40. The first-order valence-corrected chi connectivity index (χ1v) is 33.1. The summed E-state index contributed by atoms with van der Waals surface area (Å²) in [5.74, 6) is -0.911. The number of ether oxygens (including phenoxy) is 3. The van der Waals surface area contributed by atoms with Crippen LogP contribution in [0.2, 0.25) is 0 Å². The standard InChI is InChI=1S/C71H124O6/c1-4-7-10-13-16-19-22-25-27-29-31-33-34-35-36-38-39-41-43-46-49-52-55-58-61-64-70(73)76-67-68(66-75-69(72)63-60-57-54-51-48-45-24-21-18-15-12-9-6-3)77-71(74)65-62-59-56-53-50-47-44-42-40-37-32-30-28-26-23-20-17-14-11-8-5-2/h9,12,18,21-22,25,29-32,34-35,45,48,68H,4-8,10-11,13-17,19-20,23-24,26-28,33,36-44,46-47,49-67H2,1-3H3/b12-9-,21-18-,25-22-,31-29-,32-30-,35-34-,48-45-. The summed E-state index contributed by atoms with van der Waals surface area (Å²) in [6.45, 7) is 6.52. The van der Waals surface area contributed by atoms with E-state index >= 15 is 0 Å². The van der Waals surface area contributed by atoms with E-state index in [9.17, 15) is 14.4 Å². The molecule has 0 fully saturated rings. The average Bonchev–Trinajstić information content (AvgIpc) is 3.43. The van der Waals surface area contributed by atoms with Crippen LogP contribution in [0.1, 0.15) is 329 Å². The third-order valence-electron chi connectivity index (χ3n) is 14.4. The molecule has 1 unspecified atom stereocenters. The lowest BCUT2D eigenvalue weighted by Gasteiger charge is -2.18. The van der Waals surface area contributed by atoms with E-state index in [1.165, 1.54) is 193 Å². The van der Waals surface area contributed by atoms with E-state index in [0.717, 1.165) is 96.3 Å². The van der Waals surface area contributed by atoms with Crippen LogP contribution in [0, 0.1) is 0 Å². The van der Waals surface area contributed by atoms with Crippen LogP contribution in [-0.2, 0) is 28.6 Å². The van der Waals surface area contributed by atoms with Crippen LogP contribution in [0.5, 0.6) is 0 Å². The summed E-state index contributed by atoms with van der Waals surface area (Å²) in [5, 5.41) is 0. The Kier molecular flexibility index (Phi) is 62.2. The lowest BCUT2D eigenvalue weighted by atomic mass is 10.0. The molecular weight excluding hydrogens is 949 g/mol. The van der Waals surface area contributed by atoms with Crippen molar-refractivity contribution in [3.63, 3.8) is 0 Å². The summed E-state index contributed by atoms with van der Waals surface area (Å²) in [5.41, 5.74) is 0. The summed E-state index contributed by atoms with van der Waals surface area (Å²) in [6.07, 6.45) is 86.0. The van der Waals surface area contributed by atoms with Crippen molar-refractivity contribution >= 4 is 17.9 Å². The minimum atomic E-state index is -0.793. The average molecular weight is 1070 g/mol. The zero-order chi connectivity index (χ0) is 55.7. The fraction of sp³-hybridized carbons (Fsp3) is 0.761. The normalized spacial score (nSPS) is 12.6.